The molecule has 0 radical (unpaired) electrons. The Morgan fingerprint density at radius 1 is 1.26 bits per heavy atom. The molecule has 148 valence electrons. The first-order valence-electron chi connectivity index (χ1n) is 8.56. The minimum absolute atomic E-state index is 0. The summed E-state index contributed by atoms with van der Waals surface area (Å²) in [4.78, 5) is 10.3. The molecule has 0 spiro atoms. The fourth-order valence-corrected chi connectivity index (χ4v) is 2.77. The Hall–Kier alpha value is -1.95. The second-order valence-corrected chi connectivity index (χ2v) is 5.96. The summed E-state index contributed by atoms with van der Waals surface area (Å²) in [5, 5.41) is 10.4. The van der Waals surface area contributed by atoms with Gasteiger partial charge in [-0.1, -0.05) is 6.07 Å². The first-order chi connectivity index (χ1) is 12.7. The number of hydrogen-bond donors (Lipinski definition) is 2. The van der Waals surface area contributed by atoms with E-state index < -0.39 is 0 Å². The standard InChI is InChI=1S/C17H24FN7O.HI/c1-19-17(21-11-16-22-12-23-24(16)2)20-10-13-3-4-15(14(18)9-13)25-5-7-26-8-6-25;/h3-4,9,12H,5-8,10-11H2,1-2H3,(H2,19,20,21);1H. The Kier molecular flexibility index (Phi) is 8.23. The van der Waals surface area contributed by atoms with E-state index in [1.54, 1.807) is 17.8 Å². The molecule has 0 unspecified atom stereocenters. The Bertz CT molecular complexity index is 761. The predicted octanol–water partition coefficient (Wildman–Crippen LogP) is 1.27. The first kappa shape index (κ1) is 21.4. The van der Waals surface area contributed by atoms with Gasteiger partial charge in [-0.3, -0.25) is 9.67 Å². The van der Waals surface area contributed by atoms with Crippen molar-refractivity contribution in [2.75, 3.05) is 38.3 Å². The third kappa shape index (κ3) is 5.76. The van der Waals surface area contributed by atoms with Crippen molar-refractivity contribution >= 4 is 35.6 Å². The third-order valence-electron chi connectivity index (χ3n) is 4.27. The second-order valence-electron chi connectivity index (χ2n) is 5.96. The SMILES string of the molecule is CN=C(NCc1ccc(N2CCOCC2)c(F)c1)NCc1ncnn1C.I. The number of morpholine rings is 1. The molecule has 8 nitrogen and oxygen atoms in total. The van der Waals surface area contributed by atoms with Crippen LogP contribution in [0, 0.1) is 5.82 Å². The third-order valence-corrected chi connectivity index (χ3v) is 4.27. The van der Waals surface area contributed by atoms with E-state index in [4.69, 9.17) is 4.74 Å². The normalized spacial score (nSPS) is 14.6. The summed E-state index contributed by atoms with van der Waals surface area (Å²) in [7, 11) is 3.52. The van der Waals surface area contributed by atoms with Crippen LogP contribution in [0.15, 0.2) is 29.5 Å². The van der Waals surface area contributed by atoms with Crippen molar-refractivity contribution in [1.29, 1.82) is 0 Å². The molecule has 2 N–H and O–H groups in total. The van der Waals surface area contributed by atoms with Crippen LogP contribution in [0.3, 0.4) is 0 Å². The van der Waals surface area contributed by atoms with E-state index in [0.29, 0.717) is 51.0 Å². The Labute approximate surface area is 175 Å². The molecular formula is C17H25FIN7O. The zero-order valence-electron chi connectivity index (χ0n) is 15.5. The zero-order valence-corrected chi connectivity index (χ0v) is 17.8. The van der Waals surface area contributed by atoms with Gasteiger partial charge in [0.25, 0.3) is 0 Å². The number of halogens is 2. The highest BCUT2D eigenvalue weighted by Crippen LogP contribution is 2.21. The average Bonchev–Trinajstić information content (AvgIpc) is 3.07. The van der Waals surface area contributed by atoms with Gasteiger partial charge in [-0.15, -0.1) is 24.0 Å². The van der Waals surface area contributed by atoms with Crippen LogP contribution in [0.1, 0.15) is 11.4 Å². The lowest BCUT2D eigenvalue weighted by atomic mass is 10.1. The number of anilines is 1. The summed E-state index contributed by atoms with van der Waals surface area (Å²) in [5.74, 6) is 1.20. The van der Waals surface area contributed by atoms with Gasteiger partial charge in [-0.2, -0.15) is 5.10 Å². The van der Waals surface area contributed by atoms with Gasteiger partial charge < -0.3 is 20.3 Å². The Morgan fingerprint density at radius 2 is 2.00 bits per heavy atom. The lowest BCUT2D eigenvalue weighted by Crippen LogP contribution is -2.37. The van der Waals surface area contributed by atoms with Crippen LogP contribution in [0.4, 0.5) is 10.1 Å². The van der Waals surface area contributed by atoms with Crippen molar-refractivity contribution in [1.82, 2.24) is 25.4 Å². The molecule has 27 heavy (non-hydrogen) atoms. The van der Waals surface area contributed by atoms with Crippen LogP contribution in [0.5, 0.6) is 0 Å². The minimum Gasteiger partial charge on any atom is -0.378 e. The van der Waals surface area contributed by atoms with Gasteiger partial charge >= 0.3 is 0 Å². The number of rotatable bonds is 5. The highest BCUT2D eigenvalue weighted by molar-refractivity contribution is 14.0. The molecule has 2 heterocycles. The second kappa shape index (κ2) is 10.4. The van der Waals surface area contributed by atoms with Gasteiger partial charge in [-0.25, -0.2) is 9.37 Å². The highest BCUT2D eigenvalue weighted by Gasteiger charge is 2.15. The van der Waals surface area contributed by atoms with E-state index in [0.717, 1.165) is 11.4 Å². The van der Waals surface area contributed by atoms with Crippen molar-refractivity contribution in [3.63, 3.8) is 0 Å². The van der Waals surface area contributed by atoms with E-state index in [2.05, 4.69) is 25.7 Å². The lowest BCUT2D eigenvalue weighted by molar-refractivity contribution is 0.122. The van der Waals surface area contributed by atoms with Crippen LogP contribution >= 0.6 is 24.0 Å². The minimum atomic E-state index is -0.215. The van der Waals surface area contributed by atoms with Crippen molar-refractivity contribution in [3.8, 4) is 0 Å². The van der Waals surface area contributed by atoms with Gasteiger partial charge in [0.15, 0.2) is 5.96 Å². The number of ether oxygens (including phenoxy) is 1. The van der Waals surface area contributed by atoms with E-state index in [1.165, 1.54) is 6.33 Å². The van der Waals surface area contributed by atoms with Crippen LogP contribution in [0.25, 0.3) is 0 Å². The van der Waals surface area contributed by atoms with Crippen molar-refractivity contribution in [3.05, 3.63) is 41.7 Å². The number of benzene rings is 1. The van der Waals surface area contributed by atoms with E-state index in [9.17, 15) is 4.39 Å². The maximum absolute atomic E-state index is 14.4. The monoisotopic (exact) mass is 489 g/mol. The number of guanidine groups is 1. The molecule has 0 aliphatic carbocycles. The van der Waals surface area contributed by atoms with E-state index >= 15 is 0 Å². The summed E-state index contributed by atoms with van der Waals surface area (Å²) in [6.07, 6.45) is 1.51. The van der Waals surface area contributed by atoms with E-state index in [-0.39, 0.29) is 29.8 Å². The largest absolute Gasteiger partial charge is 0.378 e. The van der Waals surface area contributed by atoms with Crippen LogP contribution < -0.4 is 15.5 Å². The summed E-state index contributed by atoms with van der Waals surface area (Å²) in [6, 6.07) is 5.32. The first-order valence-corrected chi connectivity index (χ1v) is 8.56. The Morgan fingerprint density at radius 3 is 2.63 bits per heavy atom. The van der Waals surface area contributed by atoms with Crippen LogP contribution in [0.2, 0.25) is 0 Å². The lowest BCUT2D eigenvalue weighted by Gasteiger charge is -2.29. The maximum Gasteiger partial charge on any atom is 0.191 e. The van der Waals surface area contributed by atoms with Crippen LogP contribution in [-0.2, 0) is 24.9 Å². The molecular weight excluding hydrogens is 464 g/mol. The fourth-order valence-electron chi connectivity index (χ4n) is 2.77. The number of aliphatic imine (C=N–C) groups is 1. The molecule has 1 saturated heterocycles. The van der Waals surface area contributed by atoms with Crippen molar-refractivity contribution in [2.24, 2.45) is 12.0 Å². The van der Waals surface area contributed by atoms with Gasteiger partial charge in [0.05, 0.1) is 25.4 Å². The maximum atomic E-state index is 14.4. The molecule has 0 amide bonds. The fraction of sp³-hybridized carbons (Fsp3) is 0.471. The molecule has 10 heteroatoms. The number of hydrogen-bond acceptors (Lipinski definition) is 5. The zero-order chi connectivity index (χ0) is 18.4. The van der Waals surface area contributed by atoms with Gasteiger partial charge in [0.1, 0.15) is 18.0 Å². The molecule has 1 aliphatic heterocycles. The number of nitrogens with zero attached hydrogens (tertiary/aromatic N) is 5. The number of aryl methyl sites for hydroxylation is 1. The smallest absolute Gasteiger partial charge is 0.191 e. The van der Waals surface area contributed by atoms with Gasteiger partial charge in [-0.05, 0) is 17.7 Å². The van der Waals surface area contributed by atoms with Crippen molar-refractivity contribution in [2.45, 2.75) is 13.1 Å². The van der Waals surface area contributed by atoms with Crippen LogP contribution in [-0.4, -0.2) is 54.1 Å². The molecule has 0 atom stereocenters. The number of nitrogens with one attached hydrogen (secondary N) is 2. The summed E-state index contributed by atoms with van der Waals surface area (Å²) < 4.78 is 21.5. The quantitative estimate of drug-likeness (QED) is 0.375. The molecule has 0 saturated carbocycles. The highest BCUT2D eigenvalue weighted by atomic mass is 127. The Balaban J connectivity index is 0.00000261. The van der Waals surface area contributed by atoms with Crippen molar-refractivity contribution < 1.29 is 9.13 Å². The predicted molar refractivity (Wildman–Crippen MR) is 113 cm³/mol. The molecule has 3 rings (SSSR count). The van der Waals surface area contributed by atoms with Gasteiger partial charge in [0.2, 0.25) is 0 Å². The summed E-state index contributed by atoms with van der Waals surface area (Å²) in [5.41, 5.74) is 1.47. The summed E-state index contributed by atoms with van der Waals surface area (Å²) in [6.45, 7) is 3.67. The number of aromatic nitrogens is 3. The summed E-state index contributed by atoms with van der Waals surface area (Å²) >= 11 is 0. The average molecular weight is 489 g/mol. The topological polar surface area (TPSA) is 79.6 Å². The molecule has 1 aromatic carbocycles. The molecule has 1 aliphatic rings. The van der Waals surface area contributed by atoms with E-state index in [1.807, 2.05) is 24.1 Å². The molecule has 2 aromatic rings. The molecule has 1 aromatic heterocycles. The molecule has 0 bridgehead atoms. The molecule has 1 fully saturated rings. The van der Waals surface area contributed by atoms with Gasteiger partial charge in [0, 0.05) is 33.7 Å².